The third-order valence-electron chi connectivity index (χ3n) is 3.53. The molecule has 0 radical (unpaired) electrons. The summed E-state index contributed by atoms with van der Waals surface area (Å²) in [5.41, 5.74) is 4.58. The van der Waals surface area contributed by atoms with Crippen LogP contribution in [-0.2, 0) is 6.54 Å². The van der Waals surface area contributed by atoms with Gasteiger partial charge in [0.15, 0.2) is 0 Å². The van der Waals surface area contributed by atoms with E-state index in [4.69, 9.17) is 0 Å². The van der Waals surface area contributed by atoms with E-state index in [0.29, 0.717) is 6.54 Å². The number of pyridine rings is 1. The zero-order valence-corrected chi connectivity index (χ0v) is 14.2. The third kappa shape index (κ3) is 4.29. The first-order valence-corrected chi connectivity index (χ1v) is 7.92. The van der Waals surface area contributed by atoms with Crippen LogP contribution in [0.1, 0.15) is 22.5 Å². The fourth-order valence-corrected chi connectivity index (χ4v) is 2.61. The average molecular weight is 319 g/mol. The summed E-state index contributed by atoms with van der Waals surface area (Å²) in [6.07, 6.45) is 3.61. The normalized spacial score (nSPS) is 10.5. The third-order valence-corrected chi connectivity index (χ3v) is 3.53. The second-order valence-electron chi connectivity index (χ2n) is 5.90. The van der Waals surface area contributed by atoms with Gasteiger partial charge in [-0.2, -0.15) is 0 Å². The highest BCUT2D eigenvalue weighted by Gasteiger charge is 2.04. The van der Waals surface area contributed by atoms with Gasteiger partial charge >= 0.3 is 0 Å². The Kier molecular flexibility index (Phi) is 4.70. The van der Waals surface area contributed by atoms with Crippen LogP contribution in [0.4, 0.5) is 17.3 Å². The van der Waals surface area contributed by atoms with Gasteiger partial charge in [0.25, 0.3) is 0 Å². The maximum Gasteiger partial charge on any atom is 0.136 e. The standard InChI is InChI=1S/C19H21N5/c1-13-7-14(2)9-17(8-13)24-19-10-18(22-15(3)23-19)21-12-16-5-4-6-20-11-16/h4-11H,12H2,1-3H3,(H2,21,22,23,24). The van der Waals surface area contributed by atoms with Crippen LogP contribution in [0.25, 0.3) is 0 Å². The molecule has 1 aromatic carbocycles. The average Bonchev–Trinajstić information content (AvgIpc) is 2.52. The first kappa shape index (κ1) is 15.9. The predicted octanol–water partition coefficient (Wildman–Crippen LogP) is 4.15. The molecule has 0 spiro atoms. The maximum absolute atomic E-state index is 4.47. The Balaban J connectivity index is 1.76. The summed E-state index contributed by atoms with van der Waals surface area (Å²) in [7, 11) is 0. The van der Waals surface area contributed by atoms with E-state index in [2.05, 4.69) is 57.6 Å². The number of hydrogen-bond acceptors (Lipinski definition) is 5. The Hall–Kier alpha value is -2.95. The molecular formula is C19H21N5. The number of benzene rings is 1. The van der Waals surface area contributed by atoms with Crippen LogP contribution in [0.3, 0.4) is 0 Å². The van der Waals surface area contributed by atoms with E-state index < -0.39 is 0 Å². The van der Waals surface area contributed by atoms with Crippen LogP contribution < -0.4 is 10.6 Å². The number of hydrogen-bond donors (Lipinski definition) is 2. The molecule has 0 saturated heterocycles. The predicted molar refractivity (Wildman–Crippen MR) is 97.5 cm³/mol. The molecule has 0 amide bonds. The van der Waals surface area contributed by atoms with Gasteiger partial charge in [-0.25, -0.2) is 9.97 Å². The van der Waals surface area contributed by atoms with Crippen LogP contribution >= 0.6 is 0 Å². The topological polar surface area (TPSA) is 62.7 Å². The van der Waals surface area contributed by atoms with E-state index in [0.717, 1.165) is 28.7 Å². The van der Waals surface area contributed by atoms with Crippen molar-refractivity contribution >= 4 is 17.3 Å². The smallest absolute Gasteiger partial charge is 0.136 e. The van der Waals surface area contributed by atoms with Gasteiger partial charge in [0.1, 0.15) is 17.5 Å². The molecule has 5 nitrogen and oxygen atoms in total. The van der Waals surface area contributed by atoms with Crippen LogP contribution in [0.2, 0.25) is 0 Å². The van der Waals surface area contributed by atoms with E-state index in [1.807, 2.05) is 31.3 Å². The van der Waals surface area contributed by atoms with E-state index in [1.54, 1.807) is 6.20 Å². The molecule has 2 N–H and O–H groups in total. The number of nitrogens with one attached hydrogen (secondary N) is 2. The Morgan fingerprint density at radius 1 is 0.917 bits per heavy atom. The number of nitrogens with zero attached hydrogens (tertiary/aromatic N) is 3. The van der Waals surface area contributed by atoms with Crippen molar-refractivity contribution in [3.05, 3.63) is 71.3 Å². The molecule has 0 fully saturated rings. The summed E-state index contributed by atoms with van der Waals surface area (Å²) < 4.78 is 0. The largest absolute Gasteiger partial charge is 0.366 e. The van der Waals surface area contributed by atoms with Crippen molar-refractivity contribution in [1.82, 2.24) is 15.0 Å². The molecule has 5 heteroatoms. The molecular weight excluding hydrogens is 298 g/mol. The quantitative estimate of drug-likeness (QED) is 0.739. The maximum atomic E-state index is 4.47. The number of rotatable bonds is 5. The molecule has 0 bridgehead atoms. The Bertz CT molecular complexity index is 810. The minimum Gasteiger partial charge on any atom is -0.366 e. The van der Waals surface area contributed by atoms with Gasteiger partial charge in [0, 0.05) is 30.7 Å². The molecule has 0 atom stereocenters. The lowest BCUT2D eigenvalue weighted by molar-refractivity contribution is 1.02. The van der Waals surface area contributed by atoms with Gasteiger partial charge in [0.2, 0.25) is 0 Å². The van der Waals surface area contributed by atoms with Crippen molar-refractivity contribution in [2.24, 2.45) is 0 Å². The molecule has 3 rings (SSSR count). The van der Waals surface area contributed by atoms with Gasteiger partial charge < -0.3 is 10.6 Å². The highest BCUT2D eigenvalue weighted by Crippen LogP contribution is 2.20. The Morgan fingerprint density at radius 2 is 1.67 bits per heavy atom. The monoisotopic (exact) mass is 319 g/mol. The van der Waals surface area contributed by atoms with Crippen molar-refractivity contribution in [1.29, 1.82) is 0 Å². The van der Waals surface area contributed by atoms with E-state index in [-0.39, 0.29) is 0 Å². The number of anilines is 3. The molecule has 2 heterocycles. The van der Waals surface area contributed by atoms with E-state index >= 15 is 0 Å². The van der Waals surface area contributed by atoms with Gasteiger partial charge in [-0.05, 0) is 55.7 Å². The second-order valence-corrected chi connectivity index (χ2v) is 5.90. The van der Waals surface area contributed by atoms with Crippen LogP contribution in [0, 0.1) is 20.8 Å². The lowest BCUT2D eigenvalue weighted by Crippen LogP contribution is -2.05. The molecule has 24 heavy (non-hydrogen) atoms. The van der Waals surface area contributed by atoms with Crippen LogP contribution in [0.5, 0.6) is 0 Å². The SMILES string of the molecule is Cc1cc(C)cc(Nc2cc(NCc3cccnc3)nc(C)n2)c1. The molecule has 0 aliphatic rings. The fraction of sp³-hybridized carbons (Fsp3) is 0.211. The lowest BCUT2D eigenvalue weighted by Gasteiger charge is -2.11. The van der Waals surface area contributed by atoms with E-state index in [1.165, 1.54) is 11.1 Å². The van der Waals surface area contributed by atoms with E-state index in [9.17, 15) is 0 Å². The zero-order chi connectivity index (χ0) is 16.9. The zero-order valence-electron chi connectivity index (χ0n) is 14.2. The van der Waals surface area contributed by atoms with Gasteiger partial charge in [0.05, 0.1) is 0 Å². The molecule has 0 saturated carbocycles. The lowest BCUT2D eigenvalue weighted by atomic mass is 10.1. The highest BCUT2D eigenvalue weighted by atomic mass is 15.1. The first-order chi connectivity index (χ1) is 11.6. The number of aryl methyl sites for hydroxylation is 3. The number of aromatic nitrogens is 3. The second kappa shape index (κ2) is 7.08. The molecule has 3 aromatic rings. The van der Waals surface area contributed by atoms with Crippen molar-refractivity contribution in [3.63, 3.8) is 0 Å². The first-order valence-electron chi connectivity index (χ1n) is 7.92. The van der Waals surface area contributed by atoms with Crippen molar-refractivity contribution in [2.45, 2.75) is 27.3 Å². The Morgan fingerprint density at radius 3 is 2.38 bits per heavy atom. The fourth-order valence-electron chi connectivity index (χ4n) is 2.61. The summed E-state index contributed by atoms with van der Waals surface area (Å²) in [5.74, 6) is 2.29. The summed E-state index contributed by atoms with van der Waals surface area (Å²) in [6.45, 7) is 6.74. The highest BCUT2D eigenvalue weighted by molar-refractivity contribution is 5.60. The van der Waals surface area contributed by atoms with Crippen molar-refractivity contribution in [2.75, 3.05) is 10.6 Å². The molecule has 122 valence electrons. The molecule has 0 unspecified atom stereocenters. The van der Waals surface area contributed by atoms with Crippen LogP contribution in [-0.4, -0.2) is 15.0 Å². The summed E-state index contributed by atoms with van der Waals surface area (Å²) in [5, 5.41) is 6.68. The summed E-state index contributed by atoms with van der Waals surface area (Å²) >= 11 is 0. The minimum absolute atomic E-state index is 0.674. The molecule has 2 aromatic heterocycles. The summed E-state index contributed by atoms with van der Waals surface area (Å²) in [4.78, 5) is 13.0. The minimum atomic E-state index is 0.674. The van der Waals surface area contributed by atoms with Gasteiger partial charge in [-0.1, -0.05) is 12.1 Å². The summed E-state index contributed by atoms with van der Waals surface area (Å²) in [6, 6.07) is 12.2. The van der Waals surface area contributed by atoms with Crippen LogP contribution in [0.15, 0.2) is 48.8 Å². The van der Waals surface area contributed by atoms with Gasteiger partial charge in [-0.3, -0.25) is 4.98 Å². The molecule has 0 aliphatic carbocycles. The molecule has 0 aliphatic heterocycles. The van der Waals surface area contributed by atoms with Crippen molar-refractivity contribution < 1.29 is 0 Å². The van der Waals surface area contributed by atoms with Crippen molar-refractivity contribution in [3.8, 4) is 0 Å². The Labute approximate surface area is 142 Å². The van der Waals surface area contributed by atoms with Gasteiger partial charge in [-0.15, -0.1) is 0 Å².